The first kappa shape index (κ1) is 12.8. The zero-order chi connectivity index (χ0) is 13.9. The smallest absolute Gasteiger partial charge is 0.259 e. The van der Waals surface area contributed by atoms with Crippen molar-refractivity contribution in [1.82, 2.24) is 15.1 Å². The Morgan fingerprint density at radius 3 is 2.75 bits per heavy atom. The minimum atomic E-state index is 0.444. The van der Waals surface area contributed by atoms with Crippen LogP contribution in [-0.2, 0) is 6.42 Å². The first-order valence-electron chi connectivity index (χ1n) is 6.00. The summed E-state index contributed by atoms with van der Waals surface area (Å²) in [4.78, 5) is 8.37. The monoisotopic (exact) mass is 330 g/mol. The van der Waals surface area contributed by atoms with Gasteiger partial charge in [-0.2, -0.15) is 4.98 Å². The van der Waals surface area contributed by atoms with Gasteiger partial charge in [-0.3, -0.25) is 0 Å². The van der Waals surface area contributed by atoms with Gasteiger partial charge in [-0.05, 0) is 23.8 Å². The largest absolute Gasteiger partial charge is 0.384 e. The van der Waals surface area contributed by atoms with Crippen molar-refractivity contribution in [2.45, 2.75) is 6.42 Å². The zero-order valence-corrected chi connectivity index (χ0v) is 12.0. The van der Waals surface area contributed by atoms with Gasteiger partial charge in [0.1, 0.15) is 5.82 Å². The summed E-state index contributed by atoms with van der Waals surface area (Å²) in [6.45, 7) is 0. The van der Waals surface area contributed by atoms with Crippen molar-refractivity contribution in [3.63, 3.8) is 0 Å². The second kappa shape index (κ2) is 5.42. The number of halogens is 1. The predicted octanol–water partition coefficient (Wildman–Crippen LogP) is 3.07. The average Bonchev–Trinajstić information content (AvgIpc) is 2.91. The van der Waals surface area contributed by atoms with Gasteiger partial charge in [0.05, 0.1) is 5.56 Å². The van der Waals surface area contributed by atoms with Crippen LogP contribution >= 0.6 is 15.9 Å². The molecule has 20 heavy (non-hydrogen) atoms. The fourth-order valence-corrected chi connectivity index (χ4v) is 2.21. The van der Waals surface area contributed by atoms with Gasteiger partial charge in [-0.25, -0.2) is 4.98 Å². The SMILES string of the molecule is Nc1ccc(-c2nc(Cc3ccccc3Br)no2)cn1. The number of aromatic nitrogens is 3. The Bertz CT molecular complexity index is 724. The van der Waals surface area contributed by atoms with E-state index in [1.165, 1.54) is 0 Å². The number of benzene rings is 1. The summed E-state index contributed by atoms with van der Waals surface area (Å²) >= 11 is 3.50. The Morgan fingerprint density at radius 1 is 1.15 bits per heavy atom. The third kappa shape index (κ3) is 2.70. The fourth-order valence-electron chi connectivity index (χ4n) is 1.79. The summed E-state index contributed by atoms with van der Waals surface area (Å²) in [5.74, 6) is 1.53. The van der Waals surface area contributed by atoms with Gasteiger partial charge in [0, 0.05) is 17.1 Å². The van der Waals surface area contributed by atoms with Crippen molar-refractivity contribution in [3.8, 4) is 11.5 Å². The molecule has 2 N–H and O–H groups in total. The van der Waals surface area contributed by atoms with Crippen molar-refractivity contribution in [2.24, 2.45) is 0 Å². The van der Waals surface area contributed by atoms with Crippen LogP contribution in [0.3, 0.4) is 0 Å². The standard InChI is InChI=1S/C14H11BrN4O/c15-11-4-2-1-3-9(11)7-13-18-14(20-19-13)10-5-6-12(16)17-8-10/h1-6,8H,7H2,(H2,16,17). The third-order valence-corrected chi connectivity index (χ3v) is 3.58. The minimum Gasteiger partial charge on any atom is -0.384 e. The lowest BCUT2D eigenvalue weighted by Gasteiger charge is -1.99. The average molecular weight is 331 g/mol. The first-order chi connectivity index (χ1) is 9.72. The van der Waals surface area contributed by atoms with Crippen LogP contribution in [0.1, 0.15) is 11.4 Å². The highest BCUT2D eigenvalue weighted by atomic mass is 79.9. The predicted molar refractivity (Wildman–Crippen MR) is 78.9 cm³/mol. The Kier molecular flexibility index (Phi) is 3.47. The molecule has 0 unspecified atom stereocenters. The molecular weight excluding hydrogens is 320 g/mol. The maximum absolute atomic E-state index is 5.55. The molecule has 0 saturated carbocycles. The molecule has 0 saturated heterocycles. The Balaban J connectivity index is 1.84. The summed E-state index contributed by atoms with van der Waals surface area (Å²) < 4.78 is 6.27. The fraction of sp³-hybridized carbons (Fsp3) is 0.0714. The normalized spacial score (nSPS) is 10.7. The van der Waals surface area contributed by atoms with Gasteiger partial charge in [0.2, 0.25) is 0 Å². The molecule has 1 aromatic carbocycles. The first-order valence-corrected chi connectivity index (χ1v) is 6.79. The van der Waals surface area contributed by atoms with E-state index in [0.29, 0.717) is 24.0 Å². The summed E-state index contributed by atoms with van der Waals surface area (Å²) in [6, 6.07) is 11.5. The van der Waals surface area contributed by atoms with Crippen molar-refractivity contribution in [2.75, 3.05) is 5.73 Å². The van der Waals surface area contributed by atoms with Gasteiger partial charge in [-0.1, -0.05) is 39.3 Å². The molecule has 5 nitrogen and oxygen atoms in total. The maximum atomic E-state index is 5.55. The number of nitrogen functional groups attached to an aromatic ring is 1. The number of hydrogen-bond acceptors (Lipinski definition) is 5. The van der Waals surface area contributed by atoms with E-state index in [0.717, 1.165) is 15.6 Å². The Morgan fingerprint density at radius 2 is 2.00 bits per heavy atom. The molecule has 0 amide bonds. The summed E-state index contributed by atoms with van der Waals surface area (Å²) in [7, 11) is 0. The number of rotatable bonds is 3. The van der Waals surface area contributed by atoms with Crippen molar-refractivity contribution >= 4 is 21.7 Å². The molecule has 0 spiro atoms. The quantitative estimate of drug-likeness (QED) is 0.798. The number of pyridine rings is 1. The van der Waals surface area contributed by atoms with E-state index in [2.05, 4.69) is 31.1 Å². The van der Waals surface area contributed by atoms with Gasteiger partial charge < -0.3 is 10.3 Å². The van der Waals surface area contributed by atoms with E-state index >= 15 is 0 Å². The van der Waals surface area contributed by atoms with Crippen LogP contribution in [0.15, 0.2) is 51.6 Å². The lowest BCUT2D eigenvalue weighted by atomic mass is 10.1. The molecule has 0 bridgehead atoms. The van der Waals surface area contributed by atoms with Crippen LogP contribution in [0, 0.1) is 0 Å². The van der Waals surface area contributed by atoms with Gasteiger partial charge in [0.25, 0.3) is 5.89 Å². The molecule has 100 valence electrons. The maximum Gasteiger partial charge on any atom is 0.259 e. The van der Waals surface area contributed by atoms with E-state index in [-0.39, 0.29) is 0 Å². The summed E-state index contributed by atoms with van der Waals surface area (Å²) in [6.07, 6.45) is 2.22. The van der Waals surface area contributed by atoms with E-state index in [1.54, 1.807) is 18.3 Å². The molecule has 2 heterocycles. The molecule has 2 aromatic heterocycles. The van der Waals surface area contributed by atoms with Crippen LogP contribution < -0.4 is 5.73 Å². The second-order valence-electron chi connectivity index (χ2n) is 4.26. The molecule has 6 heteroatoms. The van der Waals surface area contributed by atoms with Crippen molar-refractivity contribution in [3.05, 3.63) is 58.5 Å². The topological polar surface area (TPSA) is 77.8 Å². The molecule has 0 aliphatic heterocycles. The number of anilines is 1. The lowest BCUT2D eigenvalue weighted by Crippen LogP contribution is -1.92. The highest BCUT2D eigenvalue weighted by Crippen LogP contribution is 2.21. The molecular formula is C14H11BrN4O. The molecule has 0 fully saturated rings. The summed E-state index contributed by atoms with van der Waals surface area (Å²) in [5, 5.41) is 3.99. The highest BCUT2D eigenvalue weighted by molar-refractivity contribution is 9.10. The molecule has 0 aliphatic rings. The van der Waals surface area contributed by atoms with E-state index in [4.69, 9.17) is 10.3 Å². The van der Waals surface area contributed by atoms with Gasteiger partial charge in [-0.15, -0.1) is 0 Å². The van der Waals surface area contributed by atoms with Crippen molar-refractivity contribution in [1.29, 1.82) is 0 Å². The number of nitrogens with two attached hydrogens (primary N) is 1. The second-order valence-corrected chi connectivity index (χ2v) is 5.11. The van der Waals surface area contributed by atoms with E-state index < -0.39 is 0 Å². The zero-order valence-electron chi connectivity index (χ0n) is 10.5. The lowest BCUT2D eigenvalue weighted by molar-refractivity contribution is 0.424. The highest BCUT2D eigenvalue weighted by Gasteiger charge is 2.10. The van der Waals surface area contributed by atoms with Crippen LogP contribution in [-0.4, -0.2) is 15.1 Å². The molecule has 3 aromatic rings. The van der Waals surface area contributed by atoms with Crippen molar-refractivity contribution < 1.29 is 4.52 Å². The van der Waals surface area contributed by atoms with Gasteiger partial charge in [0.15, 0.2) is 5.82 Å². The Labute approximate surface area is 124 Å². The van der Waals surface area contributed by atoms with E-state index in [9.17, 15) is 0 Å². The van der Waals surface area contributed by atoms with Crippen LogP contribution in [0.4, 0.5) is 5.82 Å². The molecule has 3 rings (SSSR count). The van der Waals surface area contributed by atoms with Crippen LogP contribution in [0.2, 0.25) is 0 Å². The molecule has 0 aliphatic carbocycles. The van der Waals surface area contributed by atoms with Gasteiger partial charge >= 0.3 is 0 Å². The van der Waals surface area contributed by atoms with Crippen LogP contribution in [0.25, 0.3) is 11.5 Å². The van der Waals surface area contributed by atoms with E-state index in [1.807, 2.05) is 24.3 Å². The molecule has 0 radical (unpaired) electrons. The number of nitrogens with zero attached hydrogens (tertiary/aromatic N) is 3. The summed E-state index contributed by atoms with van der Waals surface area (Å²) in [5.41, 5.74) is 7.41. The third-order valence-electron chi connectivity index (χ3n) is 2.81. The molecule has 0 atom stereocenters. The number of hydrogen-bond donors (Lipinski definition) is 1. The van der Waals surface area contributed by atoms with Crippen LogP contribution in [0.5, 0.6) is 0 Å². The Hall–Kier alpha value is -2.21. The minimum absolute atomic E-state index is 0.444.